The molecule has 1 N–H and O–H groups in total. The highest BCUT2D eigenvalue weighted by atomic mass is 35.5. The monoisotopic (exact) mass is 421 g/mol. The number of hydrogen-bond acceptors (Lipinski definition) is 3. The Morgan fingerprint density at radius 1 is 1.07 bits per heavy atom. The maximum Gasteiger partial charge on any atom is 0.318 e. The van der Waals surface area contributed by atoms with Crippen LogP contribution >= 0.6 is 23.2 Å². The van der Waals surface area contributed by atoms with Gasteiger partial charge in [-0.1, -0.05) is 23.2 Å². The van der Waals surface area contributed by atoms with Crippen LogP contribution in [0.2, 0.25) is 10.0 Å². The topological polar surface area (TPSA) is 65.8 Å². The summed E-state index contributed by atoms with van der Waals surface area (Å²) in [4.78, 5) is 28.9. The Hall–Kier alpha value is -2.18. The van der Waals surface area contributed by atoms with Gasteiger partial charge >= 0.3 is 6.03 Å². The van der Waals surface area contributed by atoms with Crippen molar-refractivity contribution in [2.75, 3.05) is 26.2 Å². The second kappa shape index (κ2) is 8.05. The molecule has 1 aliphatic carbocycles. The molecule has 1 fully saturated rings. The number of urea groups is 1. The standard InChI is InChI=1S/C20H21Cl2N3O3/c21-13-4-5-14(16(22)12-13)19(26)24-7-9-25(10-8-24)20(27)23-17-2-1-3-18-15(17)6-11-28-18/h4-6,11-12,17H,1-3,7-10H2,(H,23,27). The Kier molecular flexibility index (Phi) is 5.51. The summed E-state index contributed by atoms with van der Waals surface area (Å²) in [6.45, 7) is 1.89. The molecule has 6 nitrogen and oxygen atoms in total. The molecule has 1 saturated heterocycles. The number of carbonyl (C=O) groups excluding carboxylic acids is 2. The zero-order valence-corrected chi connectivity index (χ0v) is 16.8. The molecular formula is C20H21Cl2N3O3. The molecular weight excluding hydrogens is 401 g/mol. The van der Waals surface area contributed by atoms with Gasteiger partial charge in [-0.15, -0.1) is 0 Å². The van der Waals surface area contributed by atoms with Crippen molar-refractivity contribution in [1.29, 1.82) is 0 Å². The highest BCUT2D eigenvalue weighted by Gasteiger charge is 2.29. The van der Waals surface area contributed by atoms with Crippen molar-refractivity contribution in [3.8, 4) is 0 Å². The number of nitrogens with zero attached hydrogens (tertiary/aromatic N) is 2. The summed E-state index contributed by atoms with van der Waals surface area (Å²) in [5.41, 5.74) is 1.50. The van der Waals surface area contributed by atoms with Gasteiger partial charge in [0.2, 0.25) is 0 Å². The van der Waals surface area contributed by atoms with E-state index in [1.54, 1.807) is 34.3 Å². The number of furan rings is 1. The number of halogens is 2. The van der Waals surface area contributed by atoms with Crippen LogP contribution in [-0.4, -0.2) is 47.9 Å². The van der Waals surface area contributed by atoms with Crippen LogP contribution in [0.1, 0.15) is 40.6 Å². The van der Waals surface area contributed by atoms with Crippen LogP contribution in [-0.2, 0) is 6.42 Å². The average Bonchev–Trinajstić information content (AvgIpc) is 3.17. The lowest BCUT2D eigenvalue weighted by Gasteiger charge is -2.36. The molecule has 0 bridgehead atoms. The molecule has 8 heteroatoms. The number of carbonyl (C=O) groups is 2. The van der Waals surface area contributed by atoms with Gasteiger partial charge in [0, 0.05) is 43.2 Å². The molecule has 0 radical (unpaired) electrons. The van der Waals surface area contributed by atoms with E-state index in [-0.39, 0.29) is 18.0 Å². The van der Waals surface area contributed by atoms with Gasteiger partial charge in [-0.2, -0.15) is 0 Å². The second-order valence-electron chi connectivity index (χ2n) is 7.10. The summed E-state index contributed by atoms with van der Waals surface area (Å²) in [6.07, 6.45) is 4.51. The van der Waals surface area contributed by atoms with Crippen LogP contribution < -0.4 is 5.32 Å². The number of aryl methyl sites for hydroxylation is 1. The van der Waals surface area contributed by atoms with Gasteiger partial charge in [-0.05, 0) is 37.1 Å². The highest BCUT2D eigenvalue weighted by Crippen LogP contribution is 2.30. The summed E-state index contributed by atoms with van der Waals surface area (Å²) < 4.78 is 5.48. The smallest absolute Gasteiger partial charge is 0.318 e. The van der Waals surface area contributed by atoms with Crippen LogP contribution in [0.15, 0.2) is 34.9 Å². The molecule has 1 aromatic heterocycles. The average molecular weight is 422 g/mol. The van der Waals surface area contributed by atoms with Crippen LogP contribution in [0.25, 0.3) is 0 Å². The normalized spacial score (nSPS) is 19.3. The van der Waals surface area contributed by atoms with Gasteiger partial charge in [0.25, 0.3) is 5.91 Å². The molecule has 28 heavy (non-hydrogen) atoms. The van der Waals surface area contributed by atoms with E-state index in [4.69, 9.17) is 27.6 Å². The van der Waals surface area contributed by atoms with Crippen molar-refractivity contribution in [3.63, 3.8) is 0 Å². The summed E-state index contributed by atoms with van der Waals surface area (Å²) in [6, 6.07) is 6.68. The van der Waals surface area contributed by atoms with Gasteiger partial charge in [0.05, 0.1) is 22.9 Å². The first kappa shape index (κ1) is 19.2. The van der Waals surface area contributed by atoms with Crippen molar-refractivity contribution in [2.45, 2.75) is 25.3 Å². The Morgan fingerprint density at radius 2 is 1.82 bits per heavy atom. The highest BCUT2D eigenvalue weighted by molar-refractivity contribution is 6.36. The van der Waals surface area contributed by atoms with E-state index in [9.17, 15) is 9.59 Å². The van der Waals surface area contributed by atoms with Gasteiger partial charge in [-0.3, -0.25) is 4.79 Å². The largest absolute Gasteiger partial charge is 0.469 e. The first-order valence-electron chi connectivity index (χ1n) is 9.39. The molecule has 4 rings (SSSR count). The van der Waals surface area contributed by atoms with E-state index in [2.05, 4.69) is 5.32 Å². The lowest BCUT2D eigenvalue weighted by Crippen LogP contribution is -2.53. The Labute approximate surface area is 173 Å². The number of benzene rings is 1. The zero-order chi connectivity index (χ0) is 19.7. The fraction of sp³-hybridized carbons (Fsp3) is 0.400. The molecule has 0 saturated carbocycles. The van der Waals surface area contributed by atoms with E-state index in [0.29, 0.717) is 41.8 Å². The molecule has 148 valence electrons. The summed E-state index contributed by atoms with van der Waals surface area (Å²) in [7, 11) is 0. The Bertz CT molecular complexity index is 891. The third kappa shape index (κ3) is 3.84. The number of piperazine rings is 1. The van der Waals surface area contributed by atoms with Gasteiger partial charge in [0.15, 0.2) is 0 Å². The minimum atomic E-state index is -0.142. The number of hydrogen-bond donors (Lipinski definition) is 1. The number of nitrogens with one attached hydrogen (secondary N) is 1. The summed E-state index contributed by atoms with van der Waals surface area (Å²) in [5.74, 6) is 0.823. The SMILES string of the molecule is O=C(NC1CCCc2occc21)N1CCN(C(=O)c2ccc(Cl)cc2Cl)CC1. The first-order valence-corrected chi connectivity index (χ1v) is 10.1. The molecule has 1 unspecified atom stereocenters. The Balaban J connectivity index is 1.34. The number of rotatable bonds is 2. The predicted octanol–water partition coefficient (Wildman–Crippen LogP) is 4.13. The summed E-state index contributed by atoms with van der Waals surface area (Å²) in [5, 5.41) is 3.94. The maximum absolute atomic E-state index is 12.7. The van der Waals surface area contributed by atoms with Crippen LogP contribution in [0.3, 0.4) is 0 Å². The molecule has 2 aliphatic rings. The van der Waals surface area contributed by atoms with E-state index in [1.165, 1.54) is 0 Å². The minimum absolute atomic E-state index is 0.0115. The van der Waals surface area contributed by atoms with Crippen LogP contribution in [0, 0.1) is 0 Å². The van der Waals surface area contributed by atoms with E-state index in [1.807, 2.05) is 6.07 Å². The number of fused-ring (bicyclic) bond motifs is 1. The zero-order valence-electron chi connectivity index (χ0n) is 15.3. The van der Waals surface area contributed by atoms with Crippen molar-refractivity contribution in [1.82, 2.24) is 15.1 Å². The lowest BCUT2D eigenvalue weighted by atomic mass is 9.93. The third-order valence-electron chi connectivity index (χ3n) is 5.37. The fourth-order valence-electron chi connectivity index (χ4n) is 3.82. The molecule has 2 aromatic rings. The van der Waals surface area contributed by atoms with Crippen molar-refractivity contribution < 1.29 is 14.0 Å². The van der Waals surface area contributed by atoms with E-state index < -0.39 is 0 Å². The van der Waals surface area contributed by atoms with Gasteiger partial charge in [-0.25, -0.2) is 4.79 Å². The maximum atomic E-state index is 12.7. The van der Waals surface area contributed by atoms with Crippen molar-refractivity contribution in [3.05, 3.63) is 57.5 Å². The number of amides is 3. The third-order valence-corrected chi connectivity index (χ3v) is 5.91. The summed E-state index contributed by atoms with van der Waals surface area (Å²) >= 11 is 12.0. The molecule has 2 heterocycles. The molecule has 3 amide bonds. The molecule has 0 spiro atoms. The van der Waals surface area contributed by atoms with Gasteiger partial charge < -0.3 is 19.5 Å². The molecule has 1 atom stereocenters. The second-order valence-corrected chi connectivity index (χ2v) is 7.94. The van der Waals surface area contributed by atoms with Crippen molar-refractivity contribution in [2.24, 2.45) is 0 Å². The van der Waals surface area contributed by atoms with Crippen molar-refractivity contribution >= 4 is 35.1 Å². The van der Waals surface area contributed by atoms with Crippen LogP contribution in [0.5, 0.6) is 0 Å². The first-order chi connectivity index (χ1) is 13.5. The minimum Gasteiger partial charge on any atom is -0.469 e. The lowest BCUT2D eigenvalue weighted by molar-refractivity contribution is 0.0663. The van der Waals surface area contributed by atoms with E-state index in [0.717, 1.165) is 30.6 Å². The van der Waals surface area contributed by atoms with E-state index >= 15 is 0 Å². The Morgan fingerprint density at radius 3 is 2.57 bits per heavy atom. The predicted molar refractivity (Wildman–Crippen MR) is 107 cm³/mol. The molecule has 1 aromatic carbocycles. The molecule has 1 aliphatic heterocycles. The quantitative estimate of drug-likeness (QED) is 0.792. The van der Waals surface area contributed by atoms with Gasteiger partial charge in [0.1, 0.15) is 5.76 Å². The fourth-order valence-corrected chi connectivity index (χ4v) is 4.31. The van der Waals surface area contributed by atoms with Crippen LogP contribution in [0.4, 0.5) is 4.79 Å².